The van der Waals surface area contributed by atoms with E-state index in [9.17, 15) is 4.79 Å². The molecule has 1 aliphatic rings. The first-order valence-corrected chi connectivity index (χ1v) is 5.53. The fourth-order valence-electron chi connectivity index (χ4n) is 2.38. The summed E-state index contributed by atoms with van der Waals surface area (Å²) in [4.78, 5) is 11.3. The number of carbonyl (C=O) groups is 1. The Morgan fingerprint density at radius 1 is 1.50 bits per heavy atom. The maximum absolute atomic E-state index is 11.3. The van der Waals surface area contributed by atoms with Gasteiger partial charge in [-0.3, -0.25) is 4.79 Å². The van der Waals surface area contributed by atoms with E-state index in [2.05, 4.69) is 27.7 Å². The van der Waals surface area contributed by atoms with Crippen molar-refractivity contribution in [2.45, 2.75) is 53.6 Å². The Hall–Kier alpha value is -0.530. The van der Waals surface area contributed by atoms with Crippen molar-refractivity contribution in [3.63, 3.8) is 0 Å². The average Bonchev–Trinajstić information content (AvgIpc) is 2.30. The molecule has 0 aliphatic carbocycles. The monoisotopic (exact) mass is 198 g/mol. The van der Waals surface area contributed by atoms with Crippen molar-refractivity contribution in [3.05, 3.63) is 0 Å². The summed E-state index contributed by atoms with van der Waals surface area (Å²) in [5.74, 6) is 0.720. The van der Waals surface area contributed by atoms with Crippen molar-refractivity contribution in [1.82, 2.24) is 0 Å². The van der Waals surface area contributed by atoms with Gasteiger partial charge in [-0.2, -0.15) is 0 Å². The summed E-state index contributed by atoms with van der Waals surface area (Å²) in [5.41, 5.74) is 0.120. The zero-order valence-electron chi connectivity index (χ0n) is 9.96. The maximum atomic E-state index is 11.3. The van der Waals surface area contributed by atoms with Gasteiger partial charge in [0.15, 0.2) is 0 Å². The van der Waals surface area contributed by atoms with Crippen molar-refractivity contribution in [2.24, 2.45) is 17.3 Å². The van der Waals surface area contributed by atoms with Gasteiger partial charge in [0.1, 0.15) is 6.10 Å². The third-order valence-corrected chi connectivity index (χ3v) is 3.03. The predicted molar refractivity (Wildman–Crippen MR) is 56.9 cm³/mol. The van der Waals surface area contributed by atoms with Crippen LogP contribution in [-0.2, 0) is 9.53 Å². The van der Waals surface area contributed by atoms with Gasteiger partial charge in [-0.05, 0) is 18.8 Å². The predicted octanol–water partition coefficient (Wildman–Crippen LogP) is 3.01. The lowest BCUT2D eigenvalue weighted by molar-refractivity contribution is -0.148. The Bertz CT molecular complexity index is 218. The van der Waals surface area contributed by atoms with Crippen LogP contribution in [0.2, 0.25) is 0 Å². The first kappa shape index (κ1) is 11.5. The van der Waals surface area contributed by atoms with E-state index in [0.717, 1.165) is 12.8 Å². The summed E-state index contributed by atoms with van der Waals surface area (Å²) in [6, 6.07) is 0. The molecule has 0 N–H and O–H groups in total. The Morgan fingerprint density at radius 3 is 2.43 bits per heavy atom. The molecule has 1 aliphatic heterocycles. The smallest absolute Gasteiger partial charge is 0.309 e. The molecule has 2 atom stereocenters. The molecule has 2 unspecified atom stereocenters. The second kappa shape index (κ2) is 3.92. The van der Waals surface area contributed by atoms with E-state index >= 15 is 0 Å². The molecule has 1 heterocycles. The fourth-order valence-corrected chi connectivity index (χ4v) is 2.38. The fraction of sp³-hybridized carbons (Fsp3) is 0.917. The molecule has 0 aromatic rings. The number of rotatable bonds is 3. The SMILES string of the molecule is CC(C)CC(C)(C)C1CC(C)C(=O)O1. The van der Waals surface area contributed by atoms with Crippen LogP contribution in [0.25, 0.3) is 0 Å². The molecular formula is C12H22O2. The number of esters is 1. The molecule has 1 rings (SSSR count). The number of cyclic esters (lactones) is 1. The Balaban J connectivity index is 2.60. The second-order valence-electron chi connectivity index (χ2n) is 5.65. The summed E-state index contributed by atoms with van der Waals surface area (Å²) >= 11 is 0. The summed E-state index contributed by atoms with van der Waals surface area (Å²) in [6.07, 6.45) is 2.11. The summed E-state index contributed by atoms with van der Waals surface area (Å²) in [7, 11) is 0. The largest absolute Gasteiger partial charge is 0.462 e. The normalized spacial score (nSPS) is 28.3. The van der Waals surface area contributed by atoms with E-state index in [1.807, 2.05) is 6.92 Å². The van der Waals surface area contributed by atoms with Crippen molar-refractivity contribution >= 4 is 5.97 Å². The molecule has 2 nitrogen and oxygen atoms in total. The zero-order valence-corrected chi connectivity index (χ0v) is 9.96. The minimum atomic E-state index is -0.0215. The topological polar surface area (TPSA) is 26.3 Å². The average molecular weight is 198 g/mol. The summed E-state index contributed by atoms with van der Waals surface area (Å²) < 4.78 is 5.40. The van der Waals surface area contributed by atoms with Crippen molar-refractivity contribution in [3.8, 4) is 0 Å². The van der Waals surface area contributed by atoms with Crippen LogP contribution < -0.4 is 0 Å². The van der Waals surface area contributed by atoms with Crippen molar-refractivity contribution in [2.75, 3.05) is 0 Å². The highest BCUT2D eigenvalue weighted by atomic mass is 16.6. The van der Waals surface area contributed by atoms with E-state index in [-0.39, 0.29) is 23.4 Å². The molecule has 0 amide bonds. The van der Waals surface area contributed by atoms with Crippen LogP contribution in [0.5, 0.6) is 0 Å². The molecule has 0 aromatic carbocycles. The quantitative estimate of drug-likeness (QED) is 0.652. The lowest BCUT2D eigenvalue weighted by Crippen LogP contribution is -2.30. The molecule has 2 heteroatoms. The van der Waals surface area contributed by atoms with Gasteiger partial charge in [0.05, 0.1) is 5.92 Å². The van der Waals surface area contributed by atoms with Gasteiger partial charge < -0.3 is 4.74 Å². The minimum absolute atomic E-state index is 0.0215. The summed E-state index contributed by atoms with van der Waals surface area (Å²) in [6.45, 7) is 10.8. The number of ether oxygens (including phenoxy) is 1. The van der Waals surface area contributed by atoms with Gasteiger partial charge in [-0.25, -0.2) is 0 Å². The van der Waals surface area contributed by atoms with E-state index < -0.39 is 0 Å². The Morgan fingerprint density at radius 2 is 2.07 bits per heavy atom. The molecule has 14 heavy (non-hydrogen) atoms. The van der Waals surface area contributed by atoms with Gasteiger partial charge in [0.2, 0.25) is 0 Å². The van der Waals surface area contributed by atoms with Gasteiger partial charge in [-0.1, -0.05) is 34.6 Å². The molecular weight excluding hydrogens is 176 g/mol. The van der Waals surface area contributed by atoms with Crippen molar-refractivity contribution in [1.29, 1.82) is 0 Å². The van der Waals surface area contributed by atoms with Gasteiger partial charge >= 0.3 is 5.97 Å². The van der Waals surface area contributed by atoms with Crippen LogP contribution in [0, 0.1) is 17.3 Å². The summed E-state index contributed by atoms with van der Waals surface area (Å²) in [5, 5.41) is 0. The standard InChI is InChI=1S/C12H22O2/c1-8(2)7-12(4,5)10-6-9(3)11(13)14-10/h8-10H,6-7H2,1-5H3. The number of hydrogen-bond donors (Lipinski definition) is 0. The second-order valence-corrected chi connectivity index (χ2v) is 5.65. The zero-order chi connectivity index (χ0) is 10.9. The molecule has 0 spiro atoms. The lowest BCUT2D eigenvalue weighted by atomic mass is 9.77. The number of carbonyl (C=O) groups excluding carboxylic acids is 1. The molecule has 0 aromatic heterocycles. The number of hydrogen-bond acceptors (Lipinski definition) is 2. The molecule has 0 saturated carbocycles. The van der Waals surface area contributed by atoms with Crippen LogP contribution in [0.3, 0.4) is 0 Å². The highest BCUT2D eigenvalue weighted by Gasteiger charge is 2.40. The van der Waals surface area contributed by atoms with Crippen molar-refractivity contribution < 1.29 is 9.53 Å². The Labute approximate surface area is 87.0 Å². The molecule has 0 radical (unpaired) electrons. The van der Waals surface area contributed by atoms with E-state index in [1.54, 1.807) is 0 Å². The highest BCUT2D eigenvalue weighted by Crippen LogP contribution is 2.38. The first-order valence-electron chi connectivity index (χ1n) is 5.53. The molecule has 1 fully saturated rings. The first-order chi connectivity index (χ1) is 6.33. The Kier molecular flexibility index (Phi) is 3.23. The minimum Gasteiger partial charge on any atom is -0.462 e. The third kappa shape index (κ3) is 2.49. The molecule has 82 valence electrons. The molecule has 1 saturated heterocycles. The van der Waals surface area contributed by atoms with Crippen LogP contribution in [0.1, 0.15) is 47.5 Å². The van der Waals surface area contributed by atoms with Gasteiger partial charge in [-0.15, -0.1) is 0 Å². The van der Waals surface area contributed by atoms with E-state index in [1.165, 1.54) is 0 Å². The van der Waals surface area contributed by atoms with Crippen LogP contribution in [-0.4, -0.2) is 12.1 Å². The van der Waals surface area contributed by atoms with E-state index in [0.29, 0.717) is 5.92 Å². The molecule has 0 bridgehead atoms. The van der Waals surface area contributed by atoms with Gasteiger partial charge in [0, 0.05) is 5.41 Å². The van der Waals surface area contributed by atoms with Crippen LogP contribution in [0.4, 0.5) is 0 Å². The van der Waals surface area contributed by atoms with Crippen LogP contribution in [0.15, 0.2) is 0 Å². The van der Waals surface area contributed by atoms with Crippen LogP contribution >= 0.6 is 0 Å². The third-order valence-electron chi connectivity index (χ3n) is 3.03. The maximum Gasteiger partial charge on any atom is 0.309 e. The van der Waals surface area contributed by atoms with E-state index in [4.69, 9.17) is 4.74 Å². The lowest BCUT2D eigenvalue weighted by Gasteiger charge is -2.31. The highest BCUT2D eigenvalue weighted by molar-refractivity contribution is 5.74. The van der Waals surface area contributed by atoms with Gasteiger partial charge in [0.25, 0.3) is 0 Å².